The Morgan fingerprint density at radius 3 is 2.69 bits per heavy atom. The van der Waals surface area contributed by atoms with Crippen molar-refractivity contribution in [2.75, 3.05) is 5.32 Å². The van der Waals surface area contributed by atoms with Gasteiger partial charge in [-0.2, -0.15) is 0 Å². The smallest absolute Gasteiger partial charge is 0.225 e. The minimum Gasteiger partial charge on any atom is -0.356 e. The first kappa shape index (κ1) is 8.83. The van der Waals surface area contributed by atoms with Crippen LogP contribution in [0.1, 0.15) is 25.7 Å². The third kappa shape index (κ3) is 2.35. The third-order valence-electron chi connectivity index (χ3n) is 2.40. The highest BCUT2D eigenvalue weighted by Crippen LogP contribution is 2.20. The molecule has 0 aromatic carbocycles. The van der Waals surface area contributed by atoms with Gasteiger partial charge < -0.3 is 11.1 Å². The van der Waals surface area contributed by atoms with E-state index < -0.39 is 0 Å². The van der Waals surface area contributed by atoms with Crippen molar-refractivity contribution in [1.29, 1.82) is 0 Å². The lowest BCUT2D eigenvalue weighted by Gasteiger charge is -2.26. The number of nitrogens with two attached hydrogens (primary N) is 1. The van der Waals surface area contributed by atoms with E-state index in [1.165, 1.54) is 11.5 Å². The molecular weight excluding hydrogens is 186 g/mol. The van der Waals surface area contributed by atoms with Gasteiger partial charge in [0.1, 0.15) is 0 Å². The second kappa shape index (κ2) is 3.97. The van der Waals surface area contributed by atoms with E-state index in [1.54, 1.807) is 0 Å². The van der Waals surface area contributed by atoms with Crippen molar-refractivity contribution in [1.82, 2.24) is 14.8 Å². The summed E-state index contributed by atoms with van der Waals surface area (Å²) in [7, 11) is 0. The Morgan fingerprint density at radius 2 is 2.08 bits per heavy atom. The van der Waals surface area contributed by atoms with E-state index in [1.807, 2.05) is 0 Å². The fourth-order valence-electron chi connectivity index (χ4n) is 1.63. The molecule has 0 aliphatic heterocycles. The number of nitrogens with zero attached hydrogens (tertiary/aromatic N) is 3. The zero-order chi connectivity index (χ0) is 9.10. The second-order valence-electron chi connectivity index (χ2n) is 3.42. The van der Waals surface area contributed by atoms with Gasteiger partial charge in [0, 0.05) is 23.6 Å². The number of nitrogens with one attached hydrogen (secondary N) is 1. The molecule has 1 aromatic heterocycles. The lowest BCUT2D eigenvalue weighted by atomic mass is 9.92. The minimum atomic E-state index is 0.394. The van der Waals surface area contributed by atoms with Crippen molar-refractivity contribution in [3.8, 4) is 0 Å². The molecule has 1 aliphatic rings. The van der Waals surface area contributed by atoms with Gasteiger partial charge in [0.25, 0.3) is 0 Å². The van der Waals surface area contributed by atoms with Crippen LogP contribution in [0.4, 0.5) is 5.13 Å². The Hall–Kier alpha value is -0.750. The highest BCUT2D eigenvalue weighted by molar-refractivity contribution is 7.09. The molecule has 1 heterocycles. The van der Waals surface area contributed by atoms with Gasteiger partial charge in [-0.05, 0) is 30.9 Å². The van der Waals surface area contributed by atoms with Crippen LogP contribution in [0.25, 0.3) is 0 Å². The molecule has 1 saturated carbocycles. The average Bonchev–Trinajstić information content (AvgIpc) is 2.62. The van der Waals surface area contributed by atoms with Gasteiger partial charge in [-0.1, -0.05) is 9.59 Å². The van der Waals surface area contributed by atoms with Crippen molar-refractivity contribution in [2.24, 2.45) is 5.73 Å². The standard InChI is InChI=1S/C7H13N5S/c8-5-1-3-6(4-2-5)9-7-10-11-12-13-7/h5-6H,1-4,8H2,(H,9,10,12). The van der Waals surface area contributed by atoms with Crippen molar-refractivity contribution >= 4 is 16.7 Å². The second-order valence-corrected chi connectivity index (χ2v) is 4.16. The summed E-state index contributed by atoms with van der Waals surface area (Å²) in [6.45, 7) is 0. The summed E-state index contributed by atoms with van der Waals surface area (Å²) in [4.78, 5) is 0. The molecule has 13 heavy (non-hydrogen) atoms. The van der Waals surface area contributed by atoms with Crippen LogP contribution in [0.15, 0.2) is 0 Å². The van der Waals surface area contributed by atoms with Gasteiger partial charge in [0.05, 0.1) is 0 Å². The monoisotopic (exact) mass is 199 g/mol. The van der Waals surface area contributed by atoms with E-state index in [0.717, 1.165) is 30.8 Å². The Morgan fingerprint density at radius 1 is 1.31 bits per heavy atom. The van der Waals surface area contributed by atoms with Gasteiger partial charge in [-0.25, -0.2) is 0 Å². The zero-order valence-corrected chi connectivity index (χ0v) is 8.13. The number of aromatic nitrogens is 3. The summed E-state index contributed by atoms with van der Waals surface area (Å²) in [6, 6.07) is 0.903. The van der Waals surface area contributed by atoms with Crippen LogP contribution in [0.5, 0.6) is 0 Å². The SMILES string of the molecule is NC1CCC(Nc2nnns2)CC1. The highest BCUT2D eigenvalue weighted by atomic mass is 32.1. The highest BCUT2D eigenvalue weighted by Gasteiger charge is 2.18. The molecule has 72 valence electrons. The van der Waals surface area contributed by atoms with Crippen molar-refractivity contribution < 1.29 is 0 Å². The predicted octanol–water partition coefficient (Wildman–Crippen LogP) is 0.615. The molecule has 0 atom stereocenters. The molecule has 1 aromatic rings. The van der Waals surface area contributed by atoms with Gasteiger partial charge in [-0.15, -0.1) is 0 Å². The van der Waals surface area contributed by atoms with E-state index in [4.69, 9.17) is 5.73 Å². The summed E-state index contributed by atoms with van der Waals surface area (Å²) >= 11 is 1.30. The molecule has 2 rings (SSSR count). The first-order chi connectivity index (χ1) is 6.34. The Kier molecular flexibility index (Phi) is 2.70. The average molecular weight is 199 g/mol. The number of hydrogen-bond donors (Lipinski definition) is 2. The fourth-order valence-corrected chi connectivity index (χ4v) is 2.07. The first-order valence-electron chi connectivity index (χ1n) is 4.52. The maximum Gasteiger partial charge on any atom is 0.225 e. The molecule has 0 amide bonds. The minimum absolute atomic E-state index is 0.394. The lowest BCUT2D eigenvalue weighted by molar-refractivity contribution is 0.411. The Balaban J connectivity index is 1.83. The van der Waals surface area contributed by atoms with E-state index >= 15 is 0 Å². The number of hydrogen-bond acceptors (Lipinski definition) is 6. The zero-order valence-electron chi connectivity index (χ0n) is 7.31. The molecule has 5 nitrogen and oxygen atoms in total. The summed E-state index contributed by atoms with van der Waals surface area (Å²) in [5, 5.41) is 11.5. The normalized spacial score (nSPS) is 28.7. The number of anilines is 1. The van der Waals surface area contributed by atoms with Gasteiger partial charge in [0.2, 0.25) is 5.13 Å². The molecule has 0 radical (unpaired) electrons. The molecule has 1 aliphatic carbocycles. The third-order valence-corrected chi connectivity index (χ3v) is 2.93. The van der Waals surface area contributed by atoms with Crippen LogP contribution in [-0.2, 0) is 0 Å². The fraction of sp³-hybridized carbons (Fsp3) is 0.857. The molecule has 0 bridgehead atoms. The largest absolute Gasteiger partial charge is 0.356 e. The maximum atomic E-state index is 5.80. The Labute approximate surface area is 80.9 Å². The molecular formula is C7H13N5S. The first-order valence-corrected chi connectivity index (χ1v) is 5.29. The van der Waals surface area contributed by atoms with E-state index in [-0.39, 0.29) is 0 Å². The van der Waals surface area contributed by atoms with E-state index in [9.17, 15) is 0 Å². The van der Waals surface area contributed by atoms with Crippen molar-refractivity contribution in [2.45, 2.75) is 37.8 Å². The van der Waals surface area contributed by atoms with E-state index in [0.29, 0.717) is 12.1 Å². The van der Waals surface area contributed by atoms with Crippen LogP contribution in [-0.4, -0.2) is 26.9 Å². The van der Waals surface area contributed by atoms with Crippen LogP contribution in [0.3, 0.4) is 0 Å². The lowest BCUT2D eigenvalue weighted by Crippen LogP contribution is -2.32. The van der Waals surface area contributed by atoms with Crippen molar-refractivity contribution in [3.05, 3.63) is 0 Å². The quantitative estimate of drug-likeness (QED) is 0.730. The summed E-state index contributed by atoms with van der Waals surface area (Å²) in [6.07, 6.45) is 4.45. The van der Waals surface area contributed by atoms with Crippen molar-refractivity contribution in [3.63, 3.8) is 0 Å². The summed E-state index contributed by atoms with van der Waals surface area (Å²) in [5.74, 6) is 0. The van der Waals surface area contributed by atoms with Gasteiger partial charge in [0.15, 0.2) is 0 Å². The molecule has 1 fully saturated rings. The summed E-state index contributed by atoms with van der Waals surface area (Å²) < 4.78 is 3.70. The molecule has 0 unspecified atom stereocenters. The maximum absolute atomic E-state index is 5.80. The molecule has 3 N–H and O–H groups in total. The number of rotatable bonds is 2. The Bertz CT molecular complexity index is 241. The molecule has 6 heteroatoms. The van der Waals surface area contributed by atoms with Gasteiger partial charge in [-0.3, -0.25) is 0 Å². The van der Waals surface area contributed by atoms with Crippen LogP contribution >= 0.6 is 11.5 Å². The summed E-state index contributed by atoms with van der Waals surface area (Å²) in [5.41, 5.74) is 5.80. The van der Waals surface area contributed by atoms with Gasteiger partial charge >= 0.3 is 0 Å². The van der Waals surface area contributed by atoms with E-state index in [2.05, 4.69) is 20.1 Å². The van der Waals surface area contributed by atoms with Crippen LogP contribution in [0.2, 0.25) is 0 Å². The van der Waals surface area contributed by atoms with Crippen LogP contribution in [0, 0.1) is 0 Å². The molecule has 0 saturated heterocycles. The topological polar surface area (TPSA) is 76.7 Å². The molecule has 0 spiro atoms. The van der Waals surface area contributed by atoms with Crippen LogP contribution < -0.4 is 11.1 Å². The predicted molar refractivity (Wildman–Crippen MR) is 51.6 cm³/mol.